The lowest BCUT2D eigenvalue weighted by atomic mass is 9.90. The molecule has 26 heavy (non-hydrogen) atoms. The zero-order valence-corrected chi connectivity index (χ0v) is 15.0. The van der Waals surface area contributed by atoms with E-state index in [1.54, 1.807) is 38.5 Å². The van der Waals surface area contributed by atoms with Crippen LogP contribution in [0.25, 0.3) is 0 Å². The molecule has 1 N–H and O–H groups in total. The predicted molar refractivity (Wildman–Crippen MR) is 99.4 cm³/mol. The van der Waals surface area contributed by atoms with Gasteiger partial charge in [0.1, 0.15) is 0 Å². The molecule has 1 atom stereocenters. The molecule has 0 bridgehead atoms. The fraction of sp³-hybridized carbons (Fsp3) is 0.333. The van der Waals surface area contributed by atoms with E-state index in [-0.39, 0.29) is 11.8 Å². The molecule has 1 aliphatic rings. The summed E-state index contributed by atoms with van der Waals surface area (Å²) in [5.74, 6) is 1.98. The van der Waals surface area contributed by atoms with Crippen LogP contribution >= 0.6 is 0 Å². The molecule has 3 rings (SSSR count). The van der Waals surface area contributed by atoms with E-state index in [2.05, 4.69) is 11.4 Å². The maximum atomic E-state index is 12.6. The molecule has 1 fully saturated rings. The smallest absolute Gasteiger partial charge is 0.224 e. The monoisotopic (exact) mass is 350 g/mol. The molecular weight excluding hydrogens is 328 g/mol. The summed E-state index contributed by atoms with van der Waals surface area (Å²) in [6.45, 7) is 0. The van der Waals surface area contributed by atoms with Gasteiger partial charge >= 0.3 is 0 Å². The lowest BCUT2D eigenvalue weighted by Crippen LogP contribution is -2.17. The summed E-state index contributed by atoms with van der Waals surface area (Å²) < 4.78 is 10.7. The molecular formula is C21H22N2O3. The van der Waals surface area contributed by atoms with Gasteiger partial charge in [0.05, 0.1) is 25.9 Å². The highest BCUT2D eigenvalue weighted by Crippen LogP contribution is 2.46. The minimum atomic E-state index is -0.0493. The summed E-state index contributed by atoms with van der Waals surface area (Å²) >= 11 is 0. The third-order valence-electron chi connectivity index (χ3n) is 4.71. The van der Waals surface area contributed by atoms with Crippen LogP contribution in [0.4, 0.5) is 5.69 Å². The fourth-order valence-electron chi connectivity index (χ4n) is 3.22. The number of carbonyl (C=O) groups excluding carboxylic acids is 1. The molecule has 0 heterocycles. The van der Waals surface area contributed by atoms with Crippen LogP contribution in [0, 0.1) is 17.2 Å². The Labute approximate surface area is 153 Å². The molecule has 0 radical (unpaired) electrons. The molecule has 0 aromatic heterocycles. The van der Waals surface area contributed by atoms with E-state index in [0.717, 1.165) is 18.4 Å². The number of nitrogens with zero attached hydrogens (tertiary/aromatic N) is 1. The van der Waals surface area contributed by atoms with Crippen LogP contribution in [0.2, 0.25) is 0 Å². The molecule has 0 spiro atoms. The van der Waals surface area contributed by atoms with Gasteiger partial charge in [0, 0.05) is 12.1 Å². The first kappa shape index (κ1) is 17.8. The summed E-state index contributed by atoms with van der Waals surface area (Å²) in [7, 11) is 3.22. The summed E-state index contributed by atoms with van der Waals surface area (Å²) in [4.78, 5) is 12.6. The Morgan fingerprint density at radius 2 is 1.96 bits per heavy atom. The van der Waals surface area contributed by atoms with E-state index in [1.807, 2.05) is 18.2 Å². The molecule has 134 valence electrons. The Bertz CT molecular complexity index is 837. The van der Waals surface area contributed by atoms with E-state index >= 15 is 0 Å². The van der Waals surface area contributed by atoms with Crippen LogP contribution in [0.15, 0.2) is 42.5 Å². The van der Waals surface area contributed by atoms with Gasteiger partial charge in [0.2, 0.25) is 5.91 Å². The fourth-order valence-corrected chi connectivity index (χ4v) is 3.22. The summed E-state index contributed by atoms with van der Waals surface area (Å²) in [6.07, 6.45) is 2.67. The highest BCUT2D eigenvalue weighted by atomic mass is 16.5. The van der Waals surface area contributed by atoms with Crippen molar-refractivity contribution in [1.29, 1.82) is 5.26 Å². The van der Waals surface area contributed by atoms with Gasteiger partial charge in [-0.15, -0.1) is 0 Å². The highest BCUT2D eigenvalue weighted by molar-refractivity contribution is 5.91. The van der Waals surface area contributed by atoms with Crippen LogP contribution in [-0.4, -0.2) is 20.1 Å². The minimum absolute atomic E-state index is 0.0493. The lowest BCUT2D eigenvalue weighted by molar-refractivity contribution is -0.116. The normalized spacial score (nSPS) is 14.2. The van der Waals surface area contributed by atoms with E-state index < -0.39 is 0 Å². The van der Waals surface area contributed by atoms with Crippen molar-refractivity contribution in [2.75, 3.05) is 19.5 Å². The minimum Gasteiger partial charge on any atom is -0.493 e. The topological polar surface area (TPSA) is 71.3 Å². The summed E-state index contributed by atoms with van der Waals surface area (Å²) in [5.41, 5.74) is 2.27. The molecule has 5 nitrogen and oxygen atoms in total. The Balaban J connectivity index is 1.74. The Hall–Kier alpha value is -3.00. The number of methoxy groups -OCH3 is 2. The third-order valence-corrected chi connectivity index (χ3v) is 4.71. The molecule has 1 amide bonds. The first-order chi connectivity index (χ1) is 12.6. The zero-order valence-electron chi connectivity index (χ0n) is 15.0. The molecule has 0 saturated heterocycles. The first-order valence-corrected chi connectivity index (χ1v) is 8.66. The van der Waals surface area contributed by atoms with Crippen molar-refractivity contribution in [2.24, 2.45) is 5.92 Å². The van der Waals surface area contributed by atoms with E-state index in [0.29, 0.717) is 35.1 Å². The largest absolute Gasteiger partial charge is 0.493 e. The van der Waals surface area contributed by atoms with E-state index in [9.17, 15) is 4.79 Å². The number of hydrogen-bond acceptors (Lipinski definition) is 4. The predicted octanol–water partition coefficient (Wildman–Crippen LogP) is 4.10. The number of carbonyl (C=O) groups is 1. The molecule has 2 aromatic carbocycles. The zero-order chi connectivity index (χ0) is 18.5. The number of nitriles is 1. The highest BCUT2D eigenvalue weighted by Gasteiger charge is 2.34. The Morgan fingerprint density at radius 3 is 2.62 bits per heavy atom. The third kappa shape index (κ3) is 4.15. The van der Waals surface area contributed by atoms with Gasteiger partial charge in [-0.25, -0.2) is 0 Å². The Kier molecular flexibility index (Phi) is 5.43. The number of amides is 1. The second-order valence-electron chi connectivity index (χ2n) is 6.50. The number of rotatable bonds is 7. The van der Waals surface area contributed by atoms with Crippen molar-refractivity contribution in [3.05, 3.63) is 53.6 Å². The van der Waals surface area contributed by atoms with Crippen LogP contribution < -0.4 is 14.8 Å². The number of anilines is 1. The van der Waals surface area contributed by atoms with Crippen molar-refractivity contribution < 1.29 is 14.3 Å². The number of hydrogen-bond donors (Lipinski definition) is 1. The summed E-state index contributed by atoms with van der Waals surface area (Å²) in [5, 5.41) is 11.9. The van der Waals surface area contributed by atoms with Crippen molar-refractivity contribution >= 4 is 11.6 Å². The van der Waals surface area contributed by atoms with Crippen molar-refractivity contribution in [3.63, 3.8) is 0 Å². The van der Waals surface area contributed by atoms with Crippen molar-refractivity contribution in [1.82, 2.24) is 0 Å². The average Bonchev–Trinajstić information content (AvgIpc) is 3.50. The van der Waals surface area contributed by atoms with Crippen molar-refractivity contribution in [2.45, 2.75) is 25.2 Å². The van der Waals surface area contributed by atoms with E-state index in [1.165, 1.54) is 0 Å². The van der Waals surface area contributed by atoms with Crippen LogP contribution in [0.3, 0.4) is 0 Å². The second-order valence-corrected chi connectivity index (χ2v) is 6.50. The lowest BCUT2D eigenvalue weighted by Gasteiger charge is -2.18. The maximum Gasteiger partial charge on any atom is 0.224 e. The van der Waals surface area contributed by atoms with Gasteiger partial charge < -0.3 is 14.8 Å². The Morgan fingerprint density at radius 1 is 1.19 bits per heavy atom. The van der Waals surface area contributed by atoms with Crippen LogP contribution in [0.1, 0.15) is 36.3 Å². The van der Waals surface area contributed by atoms with Gasteiger partial charge in [-0.1, -0.05) is 12.1 Å². The van der Waals surface area contributed by atoms with Gasteiger partial charge in [-0.3, -0.25) is 4.79 Å². The van der Waals surface area contributed by atoms with Crippen LogP contribution in [-0.2, 0) is 4.79 Å². The van der Waals surface area contributed by atoms with Crippen LogP contribution in [0.5, 0.6) is 11.5 Å². The number of nitrogens with one attached hydrogen (secondary N) is 1. The average molecular weight is 350 g/mol. The molecule has 1 aliphatic carbocycles. The molecule has 0 aliphatic heterocycles. The second kappa shape index (κ2) is 7.92. The van der Waals surface area contributed by atoms with Gasteiger partial charge in [0.15, 0.2) is 11.5 Å². The van der Waals surface area contributed by atoms with E-state index in [4.69, 9.17) is 14.7 Å². The maximum absolute atomic E-state index is 12.6. The van der Waals surface area contributed by atoms with Crippen molar-refractivity contribution in [3.8, 4) is 17.6 Å². The molecule has 5 heteroatoms. The van der Waals surface area contributed by atoms with Gasteiger partial charge in [-0.05, 0) is 60.6 Å². The quantitative estimate of drug-likeness (QED) is 0.816. The summed E-state index contributed by atoms with van der Waals surface area (Å²) in [6, 6.07) is 14.9. The SMILES string of the molecule is COc1ccc(C(CC(=O)Nc2cccc(C#N)c2)C2CC2)cc1OC. The molecule has 1 saturated carbocycles. The number of ether oxygens (including phenoxy) is 2. The number of benzene rings is 2. The molecule has 2 aromatic rings. The first-order valence-electron chi connectivity index (χ1n) is 8.66. The molecule has 1 unspecified atom stereocenters. The van der Waals surface area contributed by atoms with Gasteiger partial charge in [-0.2, -0.15) is 5.26 Å². The van der Waals surface area contributed by atoms with Gasteiger partial charge in [0.25, 0.3) is 0 Å². The standard InChI is InChI=1S/C21H22N2O3/c1-25-19-9-8-16(11-20(19)26-2)18(15-6-7-15)12-21(24)23-17-5-3-4-14(10-17)13-22/h3-5,8-11,15,18H,6-7,12H2,1-2H3,(H,23,24).